The number of aliphatic hydroxyl groups is 2. The molecule has 1 unspecified atom stereocenters. The van der Waals surface area contributed by atoms with E-state index in [1.807, 2.05) is 0 Å². The molecule has 0 aromatic rings. The molecule has 0 aliphatic heterocycles. The Morgan fingerprint density at radius 3 is 2.31 bits per heavy atom. The molecule has 4 heteroatoms. The summed E-state index contributed by atoms with van der Waals surface area (Å²) in [5.74, 6) is -0.899. The molecule has 0 spiro atoms. The molecule has 0 heterocycles. The van der Waals surface area contributed by atoms with Gasteiger partial charge in [0.1, 0.15) is 0 Å². The molecule has 0 fully saturated rings. The van der Waals surface area contributed by atoms with E-state index in [9.17, 15) is 9.90 Å². The molecule has 0 aromatic heterocycles. The number of allylic oxidation sites excluding steroid dienone is 1. The first-order valence-electron chi connectivity index (χ1n) is 5.69. The number of hydrogen-bond donors (Lipinski definition) is 3. The second kappa shape index (κ2) is 8.30. The summed E-state index contributed by atoms with van der Waals surface area (Å²) in [6.07, 6.45) is 2.95. The minimum absolute atomic E-state index is 0.135. The van der Waals surface area contributed by atoms with Gasteiger partial charge in [0.15, 0.2) is 0 Å². The number of aliphatic hydroxyl groups excluding tert-OH is 2. The van der Waals surface area contributed by atoms with Crippen LogP contribution in [-0.2, 0) is 4.79 Å². The average molecular weight is 230 g/mol. The monoisotopic (exact) mass is 230 g/mol. The molecule has 4 nitrogen and oxygen atoms in total. The molecular formula is C12H22O4. The van der Waals surface area contributed by atoms with Crippen LogP contribution in [0.5, 0.6) is 0 Å². The van der Waals surface area contributed by atoms with Gasteiger partial charge in [-0.15, -0.1) is 0 Å². The van der Waals surface area contributed by atoms with Crippen LogP contribution in [0.15, 0.2) is 11.1 Å². The molecule has 0 radical (unpaired) electrons. The van der Waals surface area contributed by atoms with Crippen LogP contribution in [0.1, 0.15) is 46.0 Å². The first-order chi connectivity index (χ1) is 7.49. The van der Waals surface area contributed by atoms with E-state index in [-0.39, 0.29) is 6.61 Å². The third-order valence-corrected chi connectivity index (χ3v) is 2.60. The third-order valence-electron chi connectivity index (χ3n) is 2.60. The topological polar surface area (TPSA) is 77.8 Å². The van der Waals surface area contributed by atoms with Crippen molar-refractivity contribution in [2.45, 2.75) is 52.1 Å². The normalized spacial score (nSPS) is 14.5. The largest absolute Gasteiger partial charge is 0.478 e. The number of aliphatic carboxylic acids is 1. The summed E-state index contributed by atoms with van der Waals surface area (Å²) in [6.45, 7) is 3.43. The van der Waals surface area contributed by atoms with Crippen molar-refractivity contribution in [3.63, 3.8) is 0 Å². The summed E-state index contributed by atoms with van der Waals surface area (Å²) in [7, 11) is 0. The Bertz CT molecular complexity index is 243. The van der Waals surface area contributed by atoms with Crippen molar-refractivity contribution in [3.8, 4) is 0 Å². The third kappa shape index (κ3) is 6.58. The van der Waals surface area contributed by atoms with Crippen molar-refractivity contribution >= 4 is 5.97 Å². The zero-order valence-electron chi connectivity index (χ0n) is 10.1. The molecule has 94 valence electrons. The van der Waals surface area contributed by atoms with Crippen LogP contribution in [0.2, 0.25) is 0 Å². The Labute approximate surface area is 96.6 Å². The summed E-state index contributed by atoms with van der Waals surface area (Å²) in [5, 5.41) is 26.8. The highest BCUT2D eigenvalue weighted by Gasteiger charge is 2.10. The van der Waals surface area contributed by atoms with E-state index in [2.05, 4.69) is 0 Å². The van der Waals surface area contributed by atoms with Gasteiger partial charge in [-0.1, -0.05) is 5.57 Å². The molecule has 0 aliphatic carbocycles. The predicted molar refractivity (Wildman–Crippen MR) is 62.2 cm³/mol. The van der Waals surface area contributed by atoms with Crippen molar-refractivity contribution in [2.24, 2.45) is 0 Å². The Morgan fingerprint density at radius 2 is 1.88 bits per heavy atom. The molecule has 0 bridgehead atoms. The van der Waals surface area contributed by atoms with Gasteiger partial charge in [0.05, 0.1) is 6.10 Å². The lowest BCUT2D eigenvalue weighted by Crippen LogP contribution is -2.05. The lowest BCUT2D eigenvalue weighted by molar-refractivity contribution is -0.132. The van der Waals surface area contributed by atoms with E-state index in [0.29, 0.717) is 31.3 Å². The SMILES string of the molecule is CC(C(=O)O)=C(CCCCO)CCC(C)O. The quantitative estimate of drug-likeness (QED) is 0.438. The summed E-state index contributed by atoms with van der Waals surface area (Å²) < 4.78 is 0. The van der Waals surface area contributed by atoms with Gasteiger partial charge in [-0.25, -0.2) is 4.79 Å². The van der Waals surface area contributed by atoms with Crippen molar-refractivity contribution in [1.82, 2.24) is 0 Å². The van der Waals surface area contributed by atoms with Gasteiger partial charge in [0.25, 0.3) is 0 Å². The summed E-state index contributed by atoms with van der Waals surface area (Å²) in [4.78, 5) is 10.8. The first-order valence-corrected chi connectivity index (χ1v) is 5.69. The van der Waals surface area contributed by atoms with Crippen LogP contribution >= 0.6 is 0 Å². The number of carbonyl (C=O) groups is 1. The molecule has 0 aliphatic rings. The fraction of sp³-hybridized carbons (Fsp3) is 0.750. The molecule has 0 rings (SSSR count). The number of carboxylic acids is 1. The van der Waals surface area contributed by atoms with Crippen molar-refractivity contribution in [2.75, 3.05) is 6.61 Å². The molecule has 3 N–H and O–H groups in total. The van der Waals surface area contributed by atoms with Crippen LogP contribution in [0.25, 0.3) is 0 Å². The Balaban J connectivity index is 4.38. The average Bonchev–Trinajstić information content (AvgIpc) is 2.21. The molecule has 0 saturated heterocycles. The van der Waals surface area contributed by atoms with Gasteiger partial charge in [0, 0.05) is 12.2 Å². The highest BCUT2D eigenvalue weighted by Crippen LogP contribution is 2.19. The Morgan fingerprint density at radius 1 is 1.25 bits per heavy atom. The van der Waals surface area contributed by atoms with Crippen LogP contribution in [0.4, 0.5) is 0 Å². The van der Waals surface area contributed by atoms with Crippen LogP contribution < -0.4 is 0 Å². The van der Waals surface area contributed by atoms with E-state index in [1.54, 1.807) is 13.8 Å². The second-order valence-corrected chi connectivity index (χ2v) is 4.10. The maximum absolute atomic E-state index is 10.8. The minimum atomic E-state index is -0.899. The maximum atomic E-state index is 10.8. The summed E-state index contributed by atoms with van der Waals surface area (Å²) in [6, 6.07) is 0. The van der Waals surface area contributed by atoms with E-state index in [4.69, 9.17) is 10.2 Å². The standard InChI is InChI=1S/C12H22O4/c1-9(14)6-7-11(5-3-4-8-13)10(2)12(15)16/h9,13-14H,3-8H2,1-2H3,(H,15,16). The van der Waals surface area contributed by atoms with Gasteiger partial charge < -0.3 is 15.3 Å². The highest BCUT2D eigenvalue weighted by atomic mass is 16.4. The molecular weight excluding hydrogens is 208 g/mol. The zero-order valence-corrected chi connectivity index (χ0v) is 10.1. The summed E-state index contributed by atoms with van der Waals surface area (Å²) >= 11 is 0. The first kappa shape index (κ1) is 15.1. The molecule has 0 amide bonds. The van der Waals surface area contributed by atoms with Gasteiger partial charge in [-0.05, 0) is 46.0 Å². The number of rotatable bonds is 8. The smallest absolute Gasteiger partial charge is 0.331 e. The van der Waals surface area contributed by atoms with Gasteiger partial charge >= 0.3 is 5.97 Å². The van der Waals surface area contributed by atoms with E-state index >= 15 is 0 Å². The lowest BCUT2D eigenvalue weighted by atomic mass is 9.97. The van der Waals surface area contributed by atoms with E-state index in [0.717, 1.165) is 12.0 Å². The Hall–Kier alpha value is -0.870. The van der Waals surface area contributed by atoms with Crippen LogP contribution in [0, 0.1) is 0 Å². The van der Waals surface area contributed by atoms with Crippen LogP contribution in [-0.4, -0.2) is 34.0 Å². The number of carboxylic acid groups (broad SMARTS) is 1. The van der Waals surface area contributed by atoms with Crippen LogP contribution in [0.3, 0.4) is 0 Å². The van der Waals surface area contributed by atoms with Gasteiger partial charge in [0.2, 0.25) is 0 Å². The second-order valence-electron chi connectivity index (χ2n) is 4.10. The summed E-state index contributed by atoms with van der Waals surface area (Å²) in [5.41, 5.74) is 1.25. The van der Waals surface area contributed by atoms with Gasteiger partial charge in [-0.3, -0.25) is 0 Å². The fourth-order valence-electron chi connectivity index (χ4n) is 1.48. The Kier molecular flexibility index (Phi) is 7.85. The van der Waals surface area contributed by atoms with E-state index < -0.39 is 12.1 Å². The minimum Gasteiger partial charge on any atom is -0.478 e. The van der Waals surface area contributed by atoms with Gasteiger partial charge in [-0.2, -0.15) is 0 Å². The molecule has 0 aromatic carbocycles. The van der Waals surface area contributed by atoms with Crippen molar-refractivity contribution < 1.29 is 20.1 Å². The highest BCUT2D eigenvalue weighted by molar-refractivity contribution is 5.86. The van der Waals surface area contributed by atoms with Crippen molar-refractivity contribution in [3.05, 3.63) is 11.1 Å². The number of hydrogen-bond acceptors (Lipinski definition) is 3. The van der Waals surface area contributed by atoms with Crippen molar-refractivity contribution in [1.29, 1.82) is 0 Å². The number of unbranched alkanes of at least 4 members (excludes halogenated alkanes) is 1. The fourth-order valence-corrected chi connectivity index (χ4v) is 1.48. The molecule has 0 saturated carbocycles. The predicted octanol–water partition coefficient (Wildman–Crippen LogP) is 1.71. The maximum Gasteiger partial charge on any atom is 0.331 e. The molecule has 16 heavy (non-hydrogen) atoms. The lowest BCUT2D eigenvalue weighted by Gasteiger charge is -2.11. The van der Waals surface area contributed by atoms with E-state index in [1.165, 1.54) is 0 Å². The zero-order chi connectivity index (χ0) is 12.6. The molecule has 1 atom stereocenters.